The number of H-pyrrole nitrogens is 1. The van der Waals surface area contributed by atoms with Gasteiger partial charge in [0.25, 0.3) is 5.91 Å². The van der Waals surface area contributed by atoms with Crippen molar-refractivity contribution in [2.45, 2.75) is 20.0 Å². The van der Waals surface area contributed by atoms with Crippen LogP contribution in [0.2, 0.25) is 0 Å². The van der Waals surface area contributed by atoms with Gasteiger partial charge in [0, 0.05) is 30.2 Å². The number of carbonyl (C=O) groups excluding carboxylic acids is 1. The molecule has 160 valence electrons. The Hall–Kier alpha value is -3.76. The van der Waals surface area contributed by atoms with Crippen molar-refractivity contribution in [2.24, 2.45) is 0 Å². The zero-order valence-electron chi connectivity index (χ0n) is 16.6. The molecular weight excluding hydrogens is 413 g/mol. The molecule has 4 rings (SSSR count). The van der Waals surface area contributed by atoms with Gasteiger partial charge in [-0.1, -0.05) is 5.16 Å². The molecule has 0 unspecified atom stereocenters. The number of hydrogen-bond donors (Lipinski definition) is 1. The number of carbonyl (C=O) groups is 1. The molecule has 0 saturated heterocycles. The molecule has 1 N–H and O–H groups in total. The molecule has 0 radical (unpaired) electrons. The first-order valence-electron chi connectivity index (χ1n) is 9.46. The van der Waals surface area contributed by atoms with Crippen LogP contribution in [0.15, 0.2) is 41.2 Å². The summed E-state index contributed by atoms with van der Waals surface area (Å²) < 4.78 is 42.4. The fourth-order valence-corrected chi connectivity index (χ4v) is 3.13. The minimum atomic E-state index is -4.72. The number of fused-ring (bicyclic) bond motifs is 1. The molecule has 1 amide bonds. The van der Waals surface area contributed by atoms with Crippen LogP contribution in [0.4, 0.5) is 13.2 Å². The predicted molar refractivity (Wildman–Crippen MR) is 105 cm³/mol. The minimum absolute atomic E-state index is 0.111. The van der Waals surface area contributed by atoms with Gasteiger partial charge in [-0.15, -0.1) is 0 Å². The highest BCUT2D eigenvalue weighted by Gasteiger charge is 2.38. The molecule has 0 saturated carbocycles. The number of pyridine rings is 2. The van der Waals surface area contributed by atoms with Gasteiger partial charge >= 0.3 is 12.1 Å². The molecule has 0 bridgehead atoms. The number of nitrogens with one attached hydrogen (secondary N) is 1. The maximum Gasteiger partial charge on any atom is 0.471 e. The van der Waals surface area contributed by atoms with Gasteiger partial charge in [-0.25, -0.2) is 0 Å². The van der Waals surface area contributed by atoms with Crippen molar-refractivity contribution in [3.63, 3.8) is 0 Å². The van der Waals surface area contributed by atoms with E-state index in [4.69, 9.17) is 0 Å². The molecule has 4 heterocycles. The van der Waals surface area contributed by atoms with Crippen molar-refractivity contribution >= 4 is 16.8 Å². The molecule has 0 fully saturated rings. The maximum absolute atomic E-state index is 12.7. The standard InChI is InChI=1S/C20H17F3N6O2/c1-3-29(4-2)18(30)15-9-12-8-14(25-10-16(12)26-15)13-7-11(5-6-24-13)17-27-19(31-28-17)20(21,22)23/h5-10,26H,3-4H2,1-2H3. The predicted octanol–water partition coefficient (Wildman–Crippen LogP) is 4.18. The Bertz CT molecular complexity index is 1240. The highest BCUT2D eigenvalue weighted by molar-refractivity contribution is 5.98. The normalized spacial score (nSPS) is 11.8. The van der Waals surface area contributed by atoms with Crippen molar-refractivity contribution < 1.29 is 22.5 Å². The average Bonchev–Trinajstić information content (AvgIpc) is 3.41. The van der Waals surface area contributed by atoms with Crippen LogP contribution in [0.25, 0.3) is 33.7 Å². The van der Waals surface area contributed by atoms with Crippen molar-refractivity contribution in [1.82, 2.24) is 30.0 Å². The lowest BCUT2D eigenvalue weighted by Crippen LogP contribution is -2.30. The molecule has 11 heteroatoms. The van der Waals surface area contributed by atoms with Gasteiger partial charge in [0.2, 0.25) is 5.82 Å². The summed E-state index contributed by atoms with van der Waals surface area (Å²) in [5.74, 6) is -1.73. The number of amides is 1. The topological polar surface area (TPSA) is 101 Å². The number of rotatable bonds is 5. The quantitative estimate of drug-likeness (QED) is 0.510. The molecule has 0 atom stereocenters. The van der Waals surface area contributed by atoms with Gasteiger partial charge in [0.05, 0.1) is 23.1 Å². The van der Waals surface area contributed by atoms with E-state index in [0.717, 1.165) is 5.39 Å². The maximum atomic E-state index is 12.7. The molecule has 0 aromatic carbocycles. The highest BCUT2D eigenvalue weighted by Crippen LogP contribution is 2.30. The van der Waals surface area contributed by atoms with Gasteiger partial charge in [0.1, 0.15) is 5.69 Å². The molecule has 4 aromatic heterocycles. The molecule has 8 nitrogen and oxygen atoms in total. The summed E-state index contributed by atoms with van der Waals surface area (Å²) in [6.45, 7) is 5.00. The van der Waals surface area contributed by atoms with E-state index in [2.05, 4.69) is 29.6 Å². The Morgan fingerprint density at radius 1 is 1.13 bits per heavy atom. The summed E-state index contributed by atoms with van der Waals surface area (Å²) in [7, 11) is 0. The lowest BCUT2D eigenvalue weighted by atomic mass is 10.1. The van der Waals surface area contributed by atoms with Crippen LogP contribution >= 0.6 is 0 Å². The van der Waals surface area contributed by atoms with E-state index in [1.165, 1.54) is 18.3 Å². The van der Waals surface area contributed by atoms with Gasteiger partial charge < -0.3 is 14.4 Å². The minimum Gasteiger partial charge on any atom is -0.349 e. The zero-order chi connectivity index (χ0) is 22.2. The zero-order valence-corrected chi connectivity index (χ0v) is 16.6. The molecule has 31 heavy (non-hydrogen) atoms. The largest absolute Gasteiger partial charge is 0.471 e. The lowest BCUT2D eigenvalue weighted by molar-refractivity contribution is -0.159. The van der Waals surface area contributed by atoms with Crippen LogP contribution in [0.3, 0.4) is 0 Å². The van der Waals surface area contributed by atoms with Crippen molar-refractivity contribution in [1.29, 1.82) is 0 Å². The molecule has 4 aromatic rings. The molecule has 0 spiro atoms. The number of aromatic nitrogens is 5. The lowest BCUT2D eigenvalue weighted by Gasteiger charge is -2.17. The van der Waals surface area contributed by atoms with Crippen molar-refractivity contribution in [2.75, 3.05) is 13.1 Å². The summed E-state index contributed by atoms with van der Waals surface area (Å²) in [5.41, 5.74) is 2.33. The first kappa shape index (κ1) is 20.5. The SMILES string of the molecule is CCN(CC)C(=O)c1cc2cc(-c3cc(-c4noc(C(F)(F)F)n4)ccn3)ncc2[nH]1. The molecule has 0 aliphatic carbocycles. The molecular formula is C20H17F3N6O2. The van der Waals surface area contributed by atoms with Crippen LogP contribution in [-0.2, 0) is 6.18 Å². The van der Waals surface area contributed by atoms with E-state index in [1.807, 2.05) is 13.8 Å². The van der Waals surface area contributed by atoms with E-state index < -0.39 is 12.1 Å². The monoisotopic (exact) mass is 430 g/mol. The first-order valence-corrected chi connectivity index (χ1v) is 9.46. The summed E-state index contributed by atoms with van der Waals surface area (Å²) >= 11 is 0. The van der Waals surface area contributed by atoms with Crippen molar-refractivity contribution in [3.8, 4) is 22.8 Å². The van der Waals surface area contributed by atoms with Crippen LogP contribution in [0, 0.1) is 0 Å². The van der Waals surface area contributed by atoms with Gasteiger partial charge in [0.15, 0.2) is 0 Å². The Labute approximate surface area is 174 Å². The second-order valence-corrected chi connectivity index (χ2v) is 6.67. The Morgan fingerprint density at radius 3 is 2.55 bits per heavy atom. The third-order valence-corrected chi connectivity index (χ3v) is 4.74. The van der Waals surface area contributed by atoms with E-state index in [1.54, 1.807) is 23.2 Å². The second kappa shape index (κ2) is 7.82. The third-order valence-electron chi connectivity index (χ3n) is 4.74. The Balaban J connectivity index is 1.67. The summed E-state index contributed by atoms with van der Waals surface area (Å²) in [6, 6.07) is 6.48. The Kier molecular flexibility index (Phi) is 5.17. The number of aromatic amines is 1. The van der Waals surface area contributed by atoms with Gasteiger partial charge in [-0.2, -0.15) is 18.2 Å². The Morgan fingerprint density at radius 2 is 1.87 bits per heavy atom. The van der Waals surface area contributed by atoms with Gasteiger partial charge in [-0.05, 0) is 38.1 Å². The number of halogens is 3. The highest BCUT2D eigenvalue weighted by atomic mass is 19.4. The summed E-state index contributed by atoms with van der Waals surface area (Å²) in [6.07, 6.45) is -1.72. The van der Waals surface area contributed by atoms with Crippen LogP contribution in [-0.4, -0.2) is 49.0 Å². The van der Waals surface area contributed by atoms with Gasteiger partial charge in [-0.3, -0.25) is 14.8 Å². The van der Waals surface area contributed by atoms with E-state index >= 15 is 0 Å². The number of alkyl halides is 3. The van der Waals surface area contributed by atoms with Crippen molar-refractivity contribution in [3.05, 3.63) is 48.2 Å². The second-order valence-electron chi connectivity index (χ2n) is 6.67. The molecule has 0 aliphatic rings. The summed E-state index contributed by atoms with van der Waals surface area (Å²) in [4.78, 5) is 29.3. The fourth-order valence-electron chi connectivity index (χ4n) is 3.13. The fraction of sp³-hybridized carbons (Fsp3) is 0.250. The number of nitrogens with zero attached hydrogens (tertiary/aromatic N) is 5. The van der Waals surface area contributed by atoms with Crippen LogP contribution in [0.5, 0.6) is 0 Å². The van der Waals surface area contributed by atoms with E-state index in [-0.39, 0.29) is 11.7 Å². The number of hydrogen-bond acceptors (Lipinski definition) is 6. The van der Waals surface area contributed by atoms with Crippen LogP contribution in [0.1, 0.15) is 30.2 Å². The third kappa shape index (κ3) is 3.98. The molecule has 0 aliphatic heterocycles. The van der Waals surface area contributed by atoms with E-state index in [9.17, 15) is 18.0 Å². The smallest absolute Gasteiger partial charge is 0.349 e. The average molecular weight is 430 g/mol. The van der Waals surface area contributed by atoms with E-state index in [0.29, 0.717) is 41.3 Å². The summed E-state index contributed by atoms with van der Waals surface area (Å²) in [5, 5.41) is 4.15. The van der Waals surface area contributed by atoms with Crippen LogP contribution < -0.4 is 0 Å². The first-order chi connectivity index (χ1) is 14.8.